The van der Waals surface area contributed by atoms with Crippen molar-refractivity contribution in [3.63, 3.8) is 0 Å². The van der Waals surface area contributed by atoms with Crippen molar-refractivity contribution >= 4 is 29.8 Å². The number of aromatic carboxylic acids is 5. The molecule has 0 bridgehead atoms. The fourth-order valence-corrected chi connectivity index (χ4v) is 3.52. The zero-order valence-corrected chi connectivity index (χ0v) is 29.3. The van der Waals surface area contributed by atoms with Gasteiger partial charge < -0.3 is 76.6 Å². The summed E-state index contributed by atoms with van der Waals surface area (Å²) in [5.74, 6) is -11.4. The molecule has 0 aliphatic rings. The first kappa shape index (κ1) is 48.0. The molecule has 0 spiro atoms. The van der Waals surface area contributed by atoms with Crippen molar-refractivity contribution in [3.8, 4) is 57.5 Å². The molecule has 0 fully saturated rings. The summed E-state index contributed by atoms with van der Waals surface area (Å²) in [6.45, 7) is 0. The van der Waals surface area contributed by atoms with E-state index in [1.807, 2.05) is 0 Å². The molecule has 56 heavy (non-hydrogen) atoms. The topological polar surface area (TPSA) is 389 Å². The van der Waals surface area contributed by atoms with E-state index < -0.39 is 87.3 Å². The minimum Gasteiger partial charge on any atom is -0.504 e. The average molecular weight is 822 g/mol. The van der Waals surface area contributed by atoms with E-state index in [1.165, 1.54) is 91.0 Å². The largest absolute Gasteiger partial charge is 0.504 e. The van der Waals surface area contributed by atoms with Gasteiger partial charge >= 0.3 is 29.8 Å². The summed E-state index contributed by atoms with van der Waals surface area (Å²) in [6, 6.07) is 18.8. The number of hydrogen-bond acceptors (Lipinski definition) is 15. The fraction of sp³-hybridized carbons (Fsp3) is 0. The van der Waals surface area contributed by atoms with Crippen LogP contribution in [-0.2, 0) is 18.6 Å². The standard InChI is InChI=1S/5C7H6O4.V/c5*8-5-3-1-2-4(6(5)9)7(10)11;/h5*1-3,8-9H,(H,10,11);. The summed E-state index contributed by atoms with van der Waals surface area (Å²) in [4.78, 5) is 51.5. The van der Waals surface area contributed by atoms with Crippen LogP contribution in [0.4, 0.5) is 0 Å². The van der Waals surface area contributed by atoms with Gasteiger partial charge in [0.15, 0.2) is 57.5 Å². The van der Waals surface area contributed by atoms with Gasteiger partial charge in [0.1, 0.15) is 27.8 Å². The molecule has 20 nitrogen and oxygen atoms in total. The van der Waals surface area contributed by atoms with Gasteiger partial charge in [0.05, 0.1) is 0 Å². The monoisotopic (exact) mass is 821 g/mol. The van der Waals surface area contributed by atoms with Crippen LogP contribution in [0.2, 0.25) is 0 Å². The number of rotatable bonds is 5. The molecule has 0 saturated heterocycles. The number of carboxylic acid groups (broad SMARTS) is 5. The number of aromatic hydroxyl groups is 10. The molecule has 295 valence electrons. The Kier molecular flexibility index (Phi) is 19.0. The Morgan fingerprint density at radius 2 is 0.393 bits per heavy atom. The molecule has 0 aromatic heterocycles. The Morgan fingerprint density at radius 1 is 0.268 bits per heavy atom. The van der Waals surface area contributed by atoms with Crippen LogP contribution in [0, 0.1) is 0 Å². The first-order chi connectivity index (χ1) is 25.6. The third kappa shape index (κ3) is 13.9. The number of para-hydroxylation sites is 5. The molecular weight excluding hydrogens is 791 g/mol. The van der Waals surface area contributed by atoms with Crippen molar-refractivity contribution in [3.05, 3.63) is 119 Å². The van der Waals surface area contributed by atoms with E-state index in [0.717, 1.165) is 0 Å². The summed E-state index contributed by atoms with van der Waals surface area (Å²) in [6.07, 6.45) is 0. The second kappa shape index (κ2) is 22.2. The molecule has 0 heterocycles. The summed E-state index contributed by atoms with van der Waals surface area (Å²) in [7, 11) is 0. The Hall–Kier alpha value is -7.97. The van der Waals surface area contributed by atoms with Crippen LogP contribution in [0.1, 0.15) is 51.8 Å². The maximum Gasteiger partial charge on any atom is 0.339 e. The fourth-order valence-electron chi connectivity index (χ4n) is 3.52. The van der Waals surface area contributed by atoms with E-state index in [2.05, 4.69) is 0 Å². The maximum absolute atomic E-state index is 10.3. The SMILES string of the molecule is O=C(O)c1cccc(O)c1O.O=C(O)c1cccc(O)c1O.O=C(O)c1cccc(O)c1O.O=C(O)c1cccc(O)c1O.O=C(O)c1cccc(O)c1O.[V]. The van der Waals surface area contributed by atoms with Crippen LogP contribution in [0.25, 0.3) is 0 Å². The Labute approximate surface area is 324 Å². The third-order valence-corrected chi connectivity index (χ3v) is 6.23. The van der Waals surface area contributed by atoms with Crippen molar-refractivity contribution < 1.29 is 119 Å². The number of carbonyl (C=O) groups is 5. The minimum absolute atomic E-state index is 0. The van der Waals surface area contributed by atoms with Crippen molar-refractivity contribution in [1.82, 2.24) is 0 Å². The van der Waals surface area contributed by atoms with Crippen LogP contribution in [0.15, 0.2) is 91.0 Å². The quantitative estimate of drug-likeness (QED) is 0.111. The first-order valence-corrected chi connectivity index (χ1v) is 14.3. The third-order valence-electron chi connectivity index (χ3n) is 6.23. The molecule has 5 rings (SSSR count). The van der Waals surface area contributed by atoms with E-state index in [1.54, 1.807) is 0 Å². The Balaban J connectivity index is 0.000000672. The molecule has 0 amide bonds. The van der Waals surface area contributed by atoms with Crippen molar-refractivity contribution in [2.75, 3.05) is 0 Å². The van der Waals surface area contributed by atoms with Crippen LogP contribution >= 0.6 is 0 Å². The van der Waals surface area contributed by atoms with E-state index in [9.17, 15) is 24.0 Å². The minimum atomic E-state index is -1.27. The molecule has 0 aliphatic carbocycles. The molecule has 0 atom stereocenters. The predicted molar refractivity (Wildman–Crippen MR) is 184 cm³/mol. The van der Waals surface area contributed by atoms with Crippen LogP contribution < -0.4 is 0 Å². The molecule has 0 unspecified atom stereocenters. The number of phenolic OH excluding ortho intramolecular Hbond substituents is 5. The second-order valence-electron chi connectivity index (χ2n) is 9.89. The van der Waals surface area contributed by atoms with Gasteiger partial charge in [-0.3, -0.25) is 0 Å². The number of benzene rings is 5. The summed E-state index contributed by atoms with van der Waals surface area (Å²) < 4.78 is 0. The zero-order valence-electron chi connectivity index (χ0n) is 27.9. The van der Waals surface area contributed by atoms with Crippen LogP contribution in [0.3, 0.4) is 0 Å². The van der Waals surface area contributed by atoms with E-state index in [0.29, 0.717) is 0 Å². The van der Waals surface area contributed by atoms with E-state index in [4.69, 9.17) is 76.6 Å². The van der Waals surface area contributed by atoms with Gasteiger partial charge in [-0.1, -0.05) is 30.3 Å². The Bertz CT molecular complexity index is 1830. The van der Waals surface area contributed by atoms with Crippen molar-refractivity contribution in [2.45, 2.75) is 0 Å². The van der Waals surface area contributed by atoms with Gasteiger partial charge in [-0.05, 0) is 60.7 Å². The van der Waals surface area contributed by atoms with Crippen molar-refractivity contribution in [2.24, 2.45) is 0 Å². The van der Waals surface area contributed by atoms with Gasteiger partial charge in [-0.2, -0.15) is 0 Å². The molecule has 1 radical (unpaired) electrons. The normalized spacial score (nSPS) is 9.29. The van der Waals surface area contributed by atoms with Crippen molar-refractivity contribution in [1.29, 1.82) is 0 Å². The molecule has 15 N–H and O–H groups in total. The van der Waals surface area contributed by atoms with E-state index in [-0.39, 0.29) is 46.4 Å². The van der Waals surface area contributed by atoms with Gasteiger partial charge in [0, 0.05) is 18.6 Å². The molecule has 0 saturated carbocycles. The number of carboxylic acids is 5. The maximum atomic E-state index is 10.3. The number of hydrogen-bond donors (Lipinski definition) is 15. The van der Waals surface area contributed by atoms with E-state index >= 15 is 0 Å². The second-order valence-corrected chi connectivity index (χ2v) is 9.89. The average Bonchev–Trinajstić information content (AvgIpc) is 3.11. The van der Waals surface area contributed by atoms with Gasteiger partial charge in [-0.15, -0.1) is 0 Å². The molecule has 0 aliphatic heterocycles. The molecular formula is C35H30O20V. The van der Waals surface area contributed by atoms with Crippen LogP contribution in [0.5, 0.6) is 57.5 Å². The smallest absolute Gasteiger partial charge is 0.339 e. The Morgan fingerprint density at radius 3 is 0.482 bits per heavy atom. The zero-order chi connectivity index (χ0) is 42.2. The summed E-state index contributed by atoms with van der Waals surface area (Å²) in [5, 5.41) is 131. The summed E-state index contributed by atoms with van der Waals surface area (Å²) in [5.41, 5.74) is -1.50. The number of phenols is 10. The molecule has 5 aromatic rings. The predicted octanol–water partition coefficient (Wildman–Crippen LogP) is 3.98. The van der Waals surface area contributed by atoms with Gasteiger partial charge in [-0.25, -0.2) is 24.0 Å². The van der Waals surface area contributed by atoms with Gasteiger partial charge in [0.2, 0.25) is 0 Å². The molecule has 21 heteroatoms. The first-order valence-electron chi connectivity index (χ1n) is 14.3. The summed E-state index contributed by atoms with van der Waals surface area (Å²) >= 11 is 0. The van der Waals surface area contributed by atoms with Gasteiger partial charge in [0.25, 0.3) is 0 Å². The molecule has 5 aromatic carbocycles. The van der Waals surface area contributed by atoms with Crippen LogP contribution in [-0.4, -0.2) is 106 Å².